The Bertz CT molecular complexity index is 305. The van der Waals surface area contributed by atoms with E-state index in [0.717, 1.165) is 19.3 Å². The zero-order chi connectivity index (χ0) is 14.3. The minimum absolute atomic E-state index is 0.0297. The van der Waals surface area contributed by atoms with Crippen LogP contribution in [0.5, 0.6) is 0 Å². The van der Waals surface area contributed by atoms with Gasteiger partial charge in [0.25, 0.3) is 0 Å². The zero-order valence-corrected chi connectivity index (χ0v) is 11.5. The number of hydrogen-bond acceptors (Lipinski definition) is 3. The van der Waals surface area contributed by atoms with Gasteiger partial charge in [0.15, 0.2) is 0 Å². The lowest BCUT2D eigenvalue weighted by Gasteiger charge is -2.40. The van der Waals surface area contributed by atoms with E-state index in [-0.39, 0.29) is 31.6 Å². The lowest BCUT2D eigenvalue weighted by atomic mass is 9.91. The molecule has 6 nitrogen and oxygen atoms in total. The fourth-order valence-electron chi connectivity index (χ4n) is 2.18. The molecule has 0 radical (unpaired) electrons. The monoisotopic (exact) mass is 272 g/mol. The molecule has 0 bridgehead atoms. The lowest BCUT2D eigenvalue weighted by Crippen LogP contribution is -2.51. The molecular weight excluding hydrogens is 248 g/mol. The number of carboxylic acid groups (broad SMARTS) is 1. The van der Waals surface area contributed by atoms with Crippen LogP contribution in [0.15, 0.2) is 0 Å². The highest BCUT2D eigenvalue weighted by molar-refractivity contribution is 5.76. The third kappa shape index (κ3) is 4.70. The molecule has 0 aromatic rings. The Balaban J connectivity index is 2.58. The molecule has 1 aliphatic rings. The first kappa shape index (κ1) is 15.8. The number of urea groups is 1. The van der Waals surface area contributed by atoms with Crippen molar-refractivity contribution in [2.75, 3.05) is 26.2 Å². The number of carboxylic acids is 1. The maximum Gasteiger partial charge on any atom is 0.320 e. The number of nitrogens with zero attached hydrogens (tertiary/aromatic N) is 2. The van der Waals surface area contributed by atoms with Crippen LogP contribution in [0.25, 0.3) is 0 Å². The molecule has 0 atom stereocenters. The molecule has 0 aromatic heterocycles. The van der Waals surface area contributed by atoms with E-state index < -0.39 is 5.97 Å². The highest BCUT2D eigenvalue weighted by Crippen LogP contribution is 2.26. The van der Waals surface area contributed by atoms with Gasteiger partial charge in [-0.1, -0.05) is 0 Å². The Morgan fingerprint density at radius 3 is 2.37 bits per heavy atom. The van der Waals surface area contributed by atoms with Crippen molar-refractivity contribution in [2.45, 2.75) is 45.1 Å². The average Bonchev–Trinajstić information content (AvgIpc) is 2.32. The van der Waals surface area contributed by atoms with Crippen LogP contribution in [0.4, 0.5) is 4.79 Å². The van der Waals surface area contributed by atoms with Gasteiger partial charge in [-0.05, 0) is 32.6 Å². The Morgan fingerprint density at radius 2 is 1.95 bits per heavy atom. The Morgan fingerprint density at radius 1 is 1.26 bits per heavy atom. The van der Waals surface area contributed by atoms with Crippen LogP contribution in [0.3, 0.4) is 0 Å². The average molecular weight is 272 g/mol. The molecule has 2 amide bonds. The van der Waals surface area contributed by atoms with Crippen molar-refractivity contribution in [2.24, 2.45) is 0 Å². The van der Waals surface area contributed by atoms with Crippen LogP contribution in [0, 0.1) is 0 Å². The first-order chi connectivity index (χ1) is 9.10. The van der Waals surface area contributed by atoms with E-state index in [4.69, 9.17) is 10.2 Å². The molecule has 0 aromatic carbocycles. The molecule has 0 aliphatic heterocycles. The highest BCUT2D eigenvalue weighted by Gasteiger charge is 2.30. The maximum atomic E-state index is 12.4. The molecule has 1 rings (SSSR count). The fourth-order valence-corrected chi connectivity index (χ4v) is 2.18. The molecule has 1 saturated carbocycles. The first-order valence-electron chi connectivity index (χ1n) is 6.98. The zero-order valence-electron chi connectivity index (χ0n) is 11.5. The summed E-state index contributed by atoms with van der Waals surface area (Å²) in [6.45, 7) is 3.22. The largest absolute Gasteiger partial charge is 0.481 e. The molecule has 1 aliphatic carbocycles. The summed E-state index contributed by atoms with van der Waals surface area (Å²) in [6.07, 6.45) is 3.69. The van der Waals surface area contributed by atoms with E-state index in [2.05, 4.69) is 0 Å². The maximum absolute atomic E-state index is 12.4. The van der Waals surface area contributed by atoms with Gasteiger partial charge < -0.3 is 20.0 Å². The second-order valence-electron chi connectivity index (χ2n) is 4.86. The second kappa shape index (κ2) is 7.99. The Hall–Kier alpha value is -1.30. The van der Waals surface area contributed by atoms with Crippen molar-refractivity contribution in [1.82, 2.24) is 9.80 Å². The van der Waals surface area contributed by atoms with Crippen molar-refractivity contribution in [1.29, 1.82) is 0 Å². The molecule has 1 fully saturated rings. The molecular formula is C13H24N2O4. The smallest absolute Gasteiger partial charge is 0.320 e. The van der Waals surface area contributed by atoms with Crippen LogP contribution >= 0.6 is 0 Å². The second-order valence-corrected chi connectivity index (χ2v) is 4.86. The molecule has 2 N–H and O–H groups in total. The normalized spacial score (nSPS) is 14.8. The summed E-state index contributed by atoms with van der Waals surface area (Å²) in [5.41, 5.74) is 0. The number of hydrogen-bond donors (Lipinski definition) is 2. The van der Waals surface area contributed by atoms with Gasteiger partial charge in [-0.25, -0.2) is 4.79 Å². The van der Waals surface area contributed by atoms with Gasteiger partial charge in [0.05, 0.1) is 6.42 Å². The number of aliphatic hydroxyl groups is 1. The van der Waals surface area contributed by atoms with Gasteiger partial charge in [-0.15, -0.1) is 0 Å². The molecule has 6 heteroatoms. The van der Waals surface area contributed by atoms with E-state index in [1.807, 2.05) is 6.92 Å². The van der Waals surface area contributed by atoms with Crippen LogP contribution in [0.1, 0.15) is 39.0 Å². The number of aliphatic carboxylic acids is 1. The quantitative estimate of drug-likeness (QED) is 0.694. The molecule has 0 spiro atoms. The molecule has 0 heterocycles. The number of rotatable bonds is 8. The van der Waals surface area contributed by atoms with Gasteiger partial charge in [-0.2, -0.15) is 0 Å². The summed E-state index contributed by atoms with van der Waals surface area (Å²) in [5.74, 6) is -0.892. The first-order valence-corrected chi connectivity index (χ1v) is 6.98. The number of carbonyl (C=O) groups is 2. The summed E-state index contributed by atoms with van der Waals surface area (Å²) in [4.78, 5) is 26.4. The SMILES string of the molecule is CCN(CCC(=O)O)C(=O)N(CCCO)C1CCC1. The minimum Gasteiger partial charge on any atom is -0.481 e. The predicted octanol–water partition coefficient (Wildman–Crippen LogP) is 1.14. The topological polar surface area (TPSA) is 81.1 Å². The van der Waals surface area contributed by atoms with Crippen molar-refractivity contribution in [3.05, 3.63) is 0 Å². The van der Waals surface area contributed by atoms with Gasteiger partial charge >= 0.3 is 12.0 Å². The van der Waals surface area contributed by atoms with Crippen LogP contribution in [-0.4, -0.2) is 64.3 Å². The summed E-state index contributed by atoms with van der Waals surface area (Å²) in [7, 11) is 0. The van der Waals surface area contributed by atoms with Gasteiger partial charge in [0.2, 0.25) is 0 Å². The lowest BCUT2D eigenvalue weighted by molar-refractivity contribution is -0.137. The van der Waals surface area contributed by atoms with Crippen molar-refractivity contribution in [3.63, 3.8) is 0 Å². The Labute approximate surface area is 114 Å². The standard InChI is InChI=1S/C13H24N2O4/c1-2-14(9-7-12(17)18)13(19)15(8-4-10-16)11-5-3-6-11/h11,16H,2-10H2,1H3,(H,17,18). The van der Waals surface area contributed by atoms with Crippen molar-refractivity contribution < 1.29 is 19.8 Å². The Kier molecular flexibility index (Phi) is 6.62. The minimum atomic E-state index is -0.892. The molecule has 19 heavy (non-hydrogen) atoms. The van der Waals surface area contributed by atoms with E-state index in [9.17, 15) is 9.59 Å². The summed E-state index contributed by atoms with van der Waals surface area (Å²) in [5, 5.41) is 17.6. The van der Waals surface area contributed by atoms with E-state index in [0.29, 0.717) is 19.5 Å². The van der Waals surface area contributed by atoms with E-state index >= 15 is 0 Å². The number of carbonyl (C=O) groups excluding carboxylic acids is 1. The van der Waals surface area contributed by atoms with Crippen LogP contribution < -0.4 is 0 Å². The number of amides is 2. The third-order valence-corrected chi connectivity index (χ3v) is 3.57. The summed E-state index contributed by atoms with van der Waals surface area (Å²) in [6, 6.07) is 0.167. The van der Waals surface area contributed by atoms with Crippen molar-refractivity contribution in [3.8, 4) is 0 Å². The van der Waals surface area contributed by atoms with Crippen molar-refractivity contribution >= 4 is 12.0 Å². The van der Waals surface area contributed by atoms with Gasteiger partial charge in [0, 0.05) is 32.3 Å². The predicted molar refractivity (Wildman–Crippen MR) is 70.9 cm³/mol. The summed E-state index contributed by atoms with van der Waals surface area (Å²) >= 11 is 0. The van der Waals surface area contributed by atoms with Gasteiger partial charge in [0.1, 0.15) is 0 Å². The van der Waals surface area contributed by atoms with Crippen LogP contribution in [0.2, 0.25) is 0 Å². The third-order valence-electron chi connectivity index (χ3n) is 3.57. The van der Waals surface area contributed by atoms with Crippen LogP contribution in [-0.2, 0) is 4.79 Å². The van der Waals surface area contributed by atoms with Gasteiger partial charge in [-0.3, -0.25) is 4.79 Å². The number of aliphatic hydroxyl groups excluding tert-OH is 1. The molecule has 110 valence electrons. The molecule has 0 saturated heterocycles. The summed E-state index contributed by atoms with van der Waals surface area (Å²) < 4.78 is 0. The fraction of sp³-hybridized carbons (Fsp3) is 0.846. The highest BCUT2D eigenvalue weighted by atomic mass is 16.4. The van der Waals surface area contributed by atoms with E-state index in [1.54, 1.807) is 9.80 Å². The van der Waals surface area contributed by atoms with E-state index in [1.165, 1.54) is 0 Å². The molecule has 0 unspecified atom stereocenters.